The molecule has 1 atom stereocenters. The Morgan fingerprint density at radius 3 is 2.88 bits per heavy atom. The van der Waals surface area contributed by atoms with Crippen LogP contribution in [-0.2, 0) is 17.8 Å². The third kappa shape index (κ3) is 4.17. The van der Waals surface area contributed by atoms with Crippen molar-refractivity contribution in [3.05, 3.63) is 41.8 Å². The molecule has 1 aliphatic heterocycles. The molecule has 0 aliphatic carbocycles. The smallest absolute Gasteiger partial charge is 0.223 e. The number of aromatic nitrogens is 3. The molecule has 0 radical (unpaired) electrons. The van der Waals surface area contributed by atoms with Crippen molar-refractivity contribution >= 4 is 5.91 Å². The quantitative estimate of drug-likeness (QED) is 0.798. The predicted octanol–water partition coefficient (Wildman–Crippen LogP) is 1.44. The van der Waals surface area contributed by atoms with Crippen LogP contribution in [0.15, 0.2) is 29.0 Å². The van der Waals surface area contributed by atoms with Crippen LogP contribution in [0.3, 0.4) is 0 Å². The van der Waals surface area contributed by atoms with E-state index in [1.54, 1.807) is 13.8 Å². The molecule has 2 aromatic heterocycles. The van der Waals surface area contributed by atoms with Gasteiger partial charge >= 0.3 is 0 Å². The van der Waals surface area contributed by atoms with Crippen molar-refractivity contribution in [3.8, 4) is 0 Å². The van der Waals surface area contributed by atoms with Crippen molar-refractivity contribution in [2.75, 3.05) is 19.6 Å². The average Bonchev–Trinajstić information content (AvgIpc) is 3.18. The minimum absolute atomic E-state index is 0.103. The Morgan fingerprint density at radius 1 is 1.42 bits per heavy atom. The predicted molar refractivity (Wildman–Crippen MR) is 88.0 cm³/mol. The highest BCUT2D eigenvalue weighted by molar-refractivity contribution is 5.73. The second-order valence-corrected chi connectivity index (χ2v) is 6.23. The normalized spacial score (nSPS) is 18.0. The molecule has 128 valence electrons. The van der Waals surface area contributed by atoms with Crippen molar-refractivity contribution < 1.29 is 9.32 Å². The molecule has 7 nitrogen and oxygen atoms in total. The zero-order chi connectivity index (χ0) is 16.9. The van der Waals surface area contributed by atoms with Crippen LogP contribution in [0.1, 0.15) is 30.6 Å². The zero-order valence-corrected chi connectivity index (χ0v) is 14.2. The van der Waals surface area contributed by atoms with Crippen molar-refractivity contribution in [1.29, 1.82) is 0 Å². The Hall–Kier alpha value is -2.28. The summed E-state index contributed by atoms with van der Waals surface area (Å²) in [5, 5.41) is 3.90. The SMILES string of the molecule is CC(=O)N(CCc1noc(C)n1)C1CCN(Cc2ccncc2)C1. The first kappa shape index (κ1) is 16.6. The molecule has 3 heterocycles. The van der Waals surface area contributed by atoms with Gasteiger partial charge in [0.2, 0.25) is 11.8 Å². The van der Waals surface area contributed by atoms with E-state index in [9.17, 15) is 4.79 Å². The maximum absolute atomic E-state index is 12.1. The monoisotopic (exact) mass is 329 g/mol. The molecule has 1 saturated heterocycles. The van der Waals surface area contributed by atoms with Crippen LogP contribution >= 0.6 is 0 Å². The molecular weight excluding hydrogens is 306 g/mol. The Balaban J connectivity index is 1.55. The molecule has 1 amide bonds. The molecular formula is C17H23N5O2. The van der Waals surface area contributed by atoms with Gasteiger partial charge in [0.25, 0.3) is 0 Å². The summed E-state index contributed by atoms with van der Waals surface area (Å²) in [6, 6.07) is 4.32. The number of nitrogens with zero attached hydrogens (tertiary/aromatic N) is 5. The van der Waals surface area contributed by atoms with E-state index in [2.05, 4.69) is 20.0 Å². The molecule has 1 fully saturated rings. The lowest BCUT2D eigenvalue weighted by atomic mass is 10.2. The van der Waals surface area contributed by atoms with Gasteiger partial charge in [-0.1, -0.05) is 5.16 Å². The largest absolute Gasteiger partial charge is 0.340 e. The third-order valence-corrected chi connectivity index (χ3v) is 4.39. The first-order chi connectivity index (χ1) is 11.6. The van der Waals surface area contributed by atoms with Gasteiger partial charge in [0.05, 0.1) is 0 Å². The van der Waals surface area contributed by atoms with Gasteiger partial charge in [0, 0.05) is 64.9 Å². The molecule has 0 N–H and O–H groups in total. The summed E-state index contributed by atoms with van der Waals surface area (Å²) in [7, 11) is 0. The van der Waals surface area contributed by atoms with E-state index in [0.29, 0.717) is 24.7 Å². The maximum atomic E-state index is 12.1. The van der Waals surface area contributed by atoms with Gasteiger partial charge in [0.15, 0.2) is 5.82 Å². The molecule has 0 saturated carbocycles. The second-order valence-electron chi connectivity index (χ2n) is 6.23. The summed E-state index contributed by atoms with van der Waals surface area (Å²) >= 11 is 0. The fraction of sp³-hybridized carbons (Fsp3) is 0.529. The van der Waals surface area contributed by atoms with E-state index in [1.807, 2.05) is 29.4 Å². The number of rotatable bonds is 6. The van der Waals surface area contributed by atoms with Crippen molar-refractivity contribution in [1.82, 2.24) is 24.9 Å². The standard InChI is InChI=1S/C17H23N5O2/c1-13-19-17(20-24-13)6-10-22(14(2)23)16-5-9-21(12-16)11-15-3-7-18-8-4-15/h3-4,7-8,16H,5-6,9-12H2,1-2H3. The van der Waals surface area contributed by atoms with Crippen LogP contribution in [0, 0.1) is 6.92 Å². The van der Waals surface area contributed by atoms with E-state index in [4.69, 9.17) is 4.52 Å². The number of aryl methyl sites for hydroxylation is 1. The highest BCUT2D eigenvalue weighted by Crippen LogP contribution is 2.18. The second kappa shape index (κ2) is 7.53. The summed E-state index contributed by atoms with van der Waals surface area (Å²) in [5.41, 5.74) is 1.25. The van der Waals surface area contributed by atoms with Gasteiger partial charge in [-0.2, -0.15) is 4.98 Å². The molecule has 2 aromatic rings. The van der Waals surface area contributed by atoms with Crippen molar-refractivity contribution in [2.45, 2.75) is 39.3 Å². The maximum Gasteiger partial charge on any atom is 0.223 e. The van der Waals surface area contributed by atoms with Crippen LogP contribution in [0.5, 0.6) is 0 Å². The number of carbonyl (C=O) groups excluding carboxylic acids is 1. The fourth-order valence-corrected chi connectivity index (χ4v) is 3.22. The Bertz CT molecular complexity index is 673. The Kier molecular flexibility index (Phi) is 5.20. The van der Waals surface area contributed by atoms with E-state index in [-0.39, 0.29) is 11.9 Å². The number of hydrogen-bond acceptors (Lipinski definition) is 6. The molecule has 1 aliphatic rings. The van der Waals surface area contributed by atoms with Gasteiger partial charge in [0.1, 0.15) is 0 Å². The molecule has 0 aromatic carbocycles. The lowest BCUT2D eigenvalue weighted by Gasteiger charge is -2.28. The van der Waals surface area contributed by atoms with Gasteiger partial charge in [-0.15, -0.1) is 0 Å². The number of pyridine rings is 1. The molecule has 24 heavy (non-hydrogen) atoms. The minimum atomic E-state index is 0.103. The summed E-state index contributed by atoms with van der Waals surface area (Å²) in [6.07, 6.45) is 5.25. The molecule has 1 unspecified atom stereocenters. The topological polar surface area (TPSA) is 75.4 Å². The van der Waals surface area contributed by atoms with Gasteiger partial charge in [-0.25, -0.2) is 0 Å². The molecule has 7 heteroatoms. The van der Waals surface area contributed by atoms with Gasteiger partial charge in [-0.05, 0) is 24.1 Å². The van der Waals surface area contributed by atoms with Crippen LogP contribution in [0.25, 0.3) is 0 Å². The number of carbonyl (C=O) groups is 1. The summed E-state index contributed by atoms with van der Waals surface area (Å²) in [6.45, 7) is 6.82. The van der Waals surface area contributed by atoms with E-state index >= 15 is 0 Å². The van der Waals surface area contributed by atoms with E-state index < -0.39 is 0 Å². The van der Waals surface area contributed by atoms with Gasteiger partial charge in [-0.3, -0.25) is 14.7 Å². The molecule has 0 spiro atoms. The first-order valence-electron chi connectivity index (χ1n) is 8.29. The van der Waals surface area contributed by atoms with Crippen LogP contribution in [-0.4, -0.2) is 56.5 Å². The van der Waals surface area contributed by atoms with Crippen LogP contribution < -0.4 is 0 Å². The van der Waals surface area contributed by atoms with E-state index in [1.165, 1.54) is 5.56 Å². The average molecular weight is 329 g/mol. The summed E-state index contributed by atoms with van der Waals surface area (Å²) < 4.78 is 4.99. The van der Waals surface area contributed by atoms with Crippen LogP contribution in [0.4, 0.5) is 0 Å². The Labute approximate surface area is 141 Å². The summed E-state index contributed by atoms with van der Waals surface area (Å²) in [5.74, 6) is 1.32. The number of amides is 1. The number of hydrogen-bond donors (Lipinski definition) is 0. The van der Waals surface area contributed by atoms with Crippen molar-refractivity contribution in [2.24, 2.45) is 0 Å². The zero-order valence-electron chi connectivity index (χ0n) is 14.2. The number of likely N-dealkylation sites (tertiary alicyclic amines) is 1. The van der Waals surface area contributed by atoms with Crippen molar-refractivity contribution in [3.63, 3.8) is 0 Å². The Morgan fingerprint density at radius 2 is 2.21 bits per heavy atom. The highest BCUT2D eigenvalue weighted by atomic mass is 16.5. The van der Waals surface area contributed by atoms with Crippen LogP contribution in [0.2, 0.25) is 0 Å². The van der Waals surface area contributed by atoms with E-state index in [0.717, 1.165) is 26.1 Å². The lowest BCUT2D eigenvalue weighted by molar-refractivity contribution is -0.130. The summed E-state index contributed by atoms with van der Waals surface area (Å²) in [4.78, 5) is 24.6. The highest BCUT2D eigenvalue weighted by Gasteiger charge is 2.29. The minimum Gasteiger partial charge on any atom is -0.340 e. The lowest BCUT2D eigenvalue weighted by Crippen LogP contribution is -2.42. The molecule has 0 bridgehead atoms. The first-order valence-corrected chi connectivity index (χ1v) is 8.29. The fourth-order valence-electron chi connectivity index (χ4n) is 3.22. The van der Waals surface area contributed by atoms with Gasteiger partial charge < -0.3 is 9.42 Å². The molecule has 3 rings (SSSR count). The third-order valence-electron chi connectivity index (χ3n) is 4.39.